The highest BCUT2D eigenvalue weighted by Crippen LogP contribution is 2.43. The molecule has 0 spiro atoms. The third-order valence-corrected chi connectivity index (χ3v) is 8.85. The highest BCUT2D eigenvalue weighted by atomic mass is 79.9. The van der Waals surface area contributed by atoms with Crippen LogP contribution in [0, 0.1) is 0 Å². The van der Waals surface area contributed by atoms with Crippen LogP contribution in [0.3, 0.4) is 0 Å². The monoisotopic (exact) mass is 536 g/mol. The Morgan fingerprint density at radius 2 is 2.13 bits per heavy atom. The molecule has 0 unspecified atom stereocenters. The normalized spacial score (nSPS) is 19.4. The number of anilines is 1. The van der Waals surface area contributed by atoms with Crippen molar-refractivity contribution in [3.63, 3.8) is 0 Å². The van der Waals surface area contributed by atoms with Gasteiger partial charge in [-0.3, -0.25) is 4.57 Å². The van der Waals surface area contributed by atoms with Gasteiger partial charge in [-0.1, -0.05) is 11.6 Å². The van der Waals surface area contributed by atoms with Gasteiger partial charge in [-0.05, 0) is 22.0 Å². The first-order valence-electron chi connectivity index (χ1n) is 9.04. The van der Waals surface area contributed by atoms with Crippen LogP contribution in [-0.4, -0.2) is 77.5 Å². The number of benzene rings is 1. The van der Waals surface area contributed by atoms with E-state index in [-0.39, 0.29) is 25.4 Å². The summed E-state index contributed by atoms with van der Waals surface area (Å²) in [6, 6.07) is 1.05. The molecule has 2 aliphatic heterocycles. The molecule has 3 heterocycles. The predicted molar refractivity (Wildman–Crippen MR) is 120 cm³/mol. The number of rotatable bonds is 3. The fraction of sp³-hybridized carbons (Fsp3) is 0.471. The number of sulfone groups is 1. The zero-order chi connectivity index (χ0) is 21.8. The summed E-state index contributed by atoms with van der Waals surface area (Å²) < 4.78 is 26.4. The number of nitrogens with zero attached hydrogens (tertiary/aromatic N) is 4. The molecule has 2 aliphatic rings. The Morgan fingerprint density at radius 1 is 1.40 bits per heavy atom. The number of thioether (sulfide) groups is 1. The van der Waals surface area contributed by atoms with E-state index in [9.17, 15) is 23.1 Å². The van der Waals surface area contributed by atoms with Crippen LogP contribution in [0.2, 0.25) is 5.02 Å². The lowest BCUT2D eigenvalue weighted by atomic mass is 10.1. The lowest BCUT2D eigenvalue weighted by Crippen LogP contribution is -2.57. The summed E-state index contributed by atoms with van der Waals surface area (Å²) in [6.45, 7) is 0.899. The Balaban J connectivity index is 1.92. The van der Waals surface area contributed by atoms with Crippen LogP contribution in [0.4, 0.5) is 10.6 Å². The lowest BCUT2D eigenvalue weighted by Gasteiger charge is -2.41. The van der Waals surface area contributed by atoms with E-state index in [2.05, 4.69) is 20.9 Å². The molecule has 0 saturated carbocycles. The number of aryl methyl sites for hydroxylation is 1. The quantitative estimate of drug-likeness (QED) is 0.634. The maximum atomic E-state index is 12.8. The van der Waals surface area contributed by atoms with E-state index < -0.39 is 27.7 Å². The van der Waals surface area contributed by atoms with E-state index in [1.807, 2.05) is 0 Å². The van der Waals surface area contributed by atoms with Gasteiger partial charge in [-0.15, -0.1) is 11.8 Å². The highest BCUT2D eigenvalue weighted by molar-refractivity contribution is 9.10. The molecule has 1 aromatic heterocycles. The number of hydrogen-bond donors (Lipinski definition) is 1. The molecule has 1 amide bonds. The molecule has 1 fully saturated rings. The molecular formula is C17H18BrClN4O5S2. The molecule has 2 aromatic rings. The summed E-state index contributed by atoms with van der Waals surface area (Å²) in [5.41, 5.74) is 0.281. The van der Waals surface area contributed by atoms with Crippen molar-refractivity contribution >= 4 is 71.9 Å². The molecule has 30 heavy (non-hydrogen) atoms. The zero-order valence-corrected chi connectivity index (χ0v) is 19.8. The third kappa shape index (κ3) is 3.90. The Morgan fingerprint density at radius 3 is 2.80 bits per heavy atom. The topological polar surface area (TPSA) is 113 Å². The minimum atomic E-state index is -3.41. The Labute approximate surface area is 190 Å². The van der Waals surface area contributed by atoms with Gasteiger partial charge in [0, 0.05) is 48.5 Å². The van der Waals surface area contributed by atoms with Crippen LogP contribution >= 0.6 is 39.3 Å². The highest BCUT2D eigenvalue weighted by Gasteiger charge is 2.35. The molecule has 162 valence electrons. The number of amides is 1. The van der Waals surface area contributed by atoms with Crippen molar-refractivity contribution in [1.29, 1.82) is 0 Å². The molecule has 1 N–H and O–H groups in total. The van der Waals surface area contributed by atoms with Crippen molar-refractivity contribution in [3.8, 4) is 0 Å². The van der Waals surface area contributed by atoms with Crippen LogP contribution in [-0.2, 0) is 16.4 Å². The molecule has 0 aliphatic carbocycles. The van der Waals surface area contributed by atoms with Crippen molar-refractivity contribution < 1.29 is 18.3 Å². The van der Waals surface area contributed by atoms with Gasteiger partial charge < -0.3 is 14.9 Å². The second-order valence-electron chi connectivity index (χ2n) is 7.28. The van der Waals surface area contributed by atoms with Gasteiger partial charge in [0.2, 0.25) is 0 Å². The SMILES string of the molecule is CS(=O)(=O)C[C@@H]1CN(C(=O)O)CCN1c1nc(=O)n2c3c(c(Br)c(Cl)cc13)SCC2. The van der Waals surface area contributed by atoms with Gasteiger partial charge in [0.15, 0.2) is 0 Å². The third-order valence-electron chi connectivity index (χ3n) is 5.18. The van der Waals surface area contributed by atoms with Gasteiger partial charge in [0.05, 0.1) is 26.8 Å². The number of carboxylic acid groups (broad SMARTS) is 1. The molecular weight excluding hydrogens is 520 g/mol. The minimum Gasteiger partial charge on any atom is -0.465 e. The van der Waals surface area contributed by atoms with Crippen LogP contribution in [0.25, 0.3) is 10.9 Å². The standard InChI is InChI=1S/C17H18BrClN4O5S2/c1-30(27,28)8-9-7-21(17(25)26)2-3-22(9)15-10-6-11(19)12(18)14-13(10)23(4-5-29-14)16(24)20-15/h6,9H,2-5,7-8H2,1H3,(H,25,26)/t9-/m0/s1. The van der Waals surface area contributed by atoms with Crippen LogP contribution < -0.4 is 10.6 Å². The summed E-state index contributed by atoms with van der Waals surface area (Å²) in [4.78, 5) is 32.3. The van der Waals surface area contributed by atoms with E-state index in [1.165, 1.54) is 4.90 Å². The van der Waals surface area contributed by atoms with Crippen LogP contribution in [0.15, 0.2) is 20.2 Å². The summed E-state index contributed by atoms with van der Waals surface area (Å²) in [5, 5.41) is 10.5. The predicted octanol–water partition coefficient (Wildman–Crippen LogP) is 2.13. The van der Waals surface area contributed by atoms with Gasteiger partial charge in [-0.25, -0.2) is 18.0 Å². The van der Waals surface area contributed by atoms with E-state index >= 15 is 0 Å². The molecule has 1 aromatic carbocycles. The van der Waals surface area contributed by atoms with Gasteiger partial charge >= 0.3 is 11.8 Å². The van der Waals surface area contributed by atoms with Gasteiger partial charge in [-0.2, -0.15) is 4.98 Å². The maximum Gasteiger partial charge on any atom is 0.407 e. The molecule has 13 heteroatoms. The first-order valence-corrected chi connectivity index (χ1v) is 13.3. The molecule has 1 atom stereocenters. The molecule has 0 bridgehead atoms. The largest absolute Gasteiger partial charge is 0.465 e. The Hall–Kier alpha value is -1.50. The van der Waals surface area contributed by atoms with Crippen LogP contribution in [0.5, 0.6) is 0 Å². The fourth-order valence-electron chi connectivity index (χ4n) is 3.94. The van der Waals surface area contributed by atoms with E-state index in [1.54, 1.807) is 27.3 Å². The second kappa shape index (κ2) is 7.88. The smallest absolute Gasteiger partial charge is 0.407 e. The van der Waals surface area contributed by atoms with Crippen molar-refractivity contribution in [2.24, 2.45) is 0 Å². The first kappa shape index (κ1) is 21.7. The van der Waals surface area contributed by atoms with E-state index in [4.69, 9.17) is 11.6 Å². The number of piperazine rings is 1. The minimum absolute atomic E-state index is 0.000525. The number of carbonyl (C=O) groups is 1. The molecule has 9 nitrogen and oxygen atoms in total. The Bertz CT molecular complexity index is 1220. The summed E-state index contributed by atoms with van der Waals surface area (Å²) in [6.07, 6.45) is -0.00316. The summed E-state index contributed by atoms with van der Waals surface area (Å²) >= 11 is 11.5. The van der Waals surface area contributed by atoms with Crippen molar-refractivity contribution in [2.45, 2.75) is 17.5 Å². The van der Waals surface area contributed by atoms with E-state index in [0.717, 1.165) is 11.2 Å². The zero-order valence-electron chi connectivity index (χ0n) is 15.8. The van der Waals surface area contributed by atoms with Crippen molar-refractivity contribution in [3.05, 3.63) is 26.0 Å². The molecule has 4 rings (SSSR count). The van der Waals surface area contributed by atoms with Gasteiger partial charge in [0.1, 0.15) is 15.7 Å². The lowest BCUT2D eigenvalue weighted by molar-refractivity contribution is 0.136. The Kier molecular flexibility index (Phi) is 5.71. The molecule has 1 saturated heterocycles. The summed E-state index contributed by atoms with van der Waals surface area (Å²) in [5.74, 6) is 0.785. The van der Waals surface area contributed by atoms with Crippen molar-refractivity contribution in [2.75, 3.05) is 42.3 Å². The van der Waals surface area contributed by atoms with Crippen LogP contribution in [0.1, 0.15) is 0 Å². The first-order chi connectivity index (χ1) is 14.1. The number of halogens is 2. The molecule has 0 radical (unpaired) electrons. The van der Waals surface area contributed by atoms with Crippen molar-refractivity contribution in [1.82, 2.24) is 14.5 Å². The maximum absolute atomic E-state index is 12.8. The fourth-order valence-corrected chi connectivity index (χ4v) is 6.90. The van der Waals surface area contributed by atoms with Gasteiger partial charge in [0.25, 0.3) is 0 Å². The number of hydrogen-bond acceptors (Lipinski definition) is 7. The average molecular weight is 538 g/mol. The average Bonchev–Trinajstić information content (AvgIpc) is 2.67. The summed E-state index contributed by atoms with van der Waals surface area (Å²) in [7, 11) is -3.41. The van der Waals surface area contributed by atoms with E-state index in [0.29, 0.717) is 38.5 Å². The second-order valence-corrected chi connectivity index (χ2v) is 11.8. The number of aromatic nitrogens is 2.